The summed E-state index contributed by atoms with van der Waals surface area (Å²) in [4.78, 5) is 12.7. The Morgan fingerprint density at radius 1 is 1.38 bits per heavy atom. The molecule has 1 aromatic heterocycles. The van der Waals surface area contributed by atoms with Crippen LogP contribution in [0, 0.1) is 34.1 Å². The minimum Gasteiger partial charge on any atom is -0.498 e. The number of thiophene rings is 1. The fourth-order valence-corrected chi connectivity index (χ4v) is 2.26. The molecule has 0 saturated carbocycles. The van der Waals surface area contributed by atoms with Gasteiger partial charge in [0.25, 0.3) is 0 Å². The molecular formula is C19H27NNiO2S-4. The Morgan fingerprint density at radius 3 is 2.62 bits per heavy atom. The number of carbonyl (C=O) groups excluding carboxylic acids is 1. The average Bonchev–Trinajstić information content (AvgIpc) is 2.97. The summed E-state index contributed by atoms with van der Waals surface area (Å²) >= 11 is 1.66. The number of rotatable bonds is 9. The van der Waals surface area contributed by atoms with E-state index in [0.717, 1.165) is 12.0 Å². The zero-order valence-electron chi connectivity index (χ0n) is 14.4. The summed E-state index contributed by atoms with van der Waals surface area (Å²) in [5.74, 6) is -0.241. The summed E-state index contributed by atoms with van der Waals surface area (Å²) in [5.41, 5.74) is 1.02. The molecule has 1 atom stereocenters. The smallest absolute Gasteiger partial charge is 0.303 e. The fraction of sp³-hybridized carbons (Fsp3) is 0.263. The van der Waals surface area contributed by atoms with Crippen LogP contribution >= 0.6 is 11.3 Å². The zero-order chi connectivity index (χ0) is 15.5. The van der Waals surface area contributed by atoms with Crippen LogP contribution in [0.15, 0.2) is 35.2 Å². The molecule has 0 aliphatic carbocycles. The summed E-state index contributed by atoms with van der Waals surface area (Å²) in [6.07, 6.45) is 8.91. The Hall–Kier alpha value is -1.19. The molecule has 1 rings (SSSR count). The first-order chi connectivity index (χ1) is 10.2. The molecule has 1 aromatic rings. The number of ether oxygens (including phenoxy) is 1. The van der Waals surface area contributed by atoms with E-state index in [0.29, 0.717) is 19.3 Å². The van der Waals surface area contributed by atoms with Gasteiger partial charge in [0, 0.05) is 34.0 Å². The van der Waals surface area contributed by atoms with Crippen LogP contribution in [-0.4, -0.2) is 18.3 Å². The van der Waals surface area contributed by atoms with E-state index >= 15 is 0 Å². The average molecular weight is 392 g/mol. The Labute approximate surface area is 161 Å². The van der Waals surface area contributed by atoms with Crippen molar-refractivity contribution in [1.82, 2.24) is 0 Å². The number of hydrogen-bond acceptors (Lipinski definition) is 4. The molecule has 140 valence electrons. The van der Waals surface area contributed by atoms with Gasteiger partial charge in [-0.2, -0.15) is 6.42 Å². The molecule has 3 nitrogen and oxygen atoms in total. The monoisotopic (exact) mass is 391 g/mol. The van der Waals surface area contributed by atoms with Crippen molar-refractivity contribution in [1.29, 1.82) is 5.41 Å². The molecule has 0 fully saturated rings. The quantitative estimate of drug-likeness (QED) is 0.202. The summed E-state index contributed by atoms with van der Waals surface area (Å²) in [7, 11) is 0. The number of allylic oxidation sites excluding steroid dienone is 3. The molecule has 1 N–H and O–H groups in total. The van der Waals surface area contributed by atoms with Gasteiger partial charge in [-0.25, -0.2) is 0 Å². The van der Waals surface area contributed by atoms with Gasteiger partial charge in [0.2, 0.25) is 0 Å². The first-order valence-corrected chi connectivity index (χ1v) is 7.76. The molecule has 0 aliphatic heterocycles. The van der Waals surface area contributed by atoms with Crippen molar-refractivity contribution in [3.05, 3.63) is 68.8 Å². The maximum Gasteiger partial charge on any atom is 0.303 e. The summed E-state index contributed by atoms with van der Waals surface area (Å²) in [5, 5.41) is 9.21. The van der Waals surface area contributed by atoms with E-state index < -0.39 is 0 Å². The molecule has 1 unspecified atom stereocenters. The van der Waals surface area contributed by atoms with Crippen LogP contribution in [0.4, 0.5) is 0 Å². The first-order valence-electron chi connectivity index (χ1n) is 6.88. The number of hydrogen-bond donors (Lipinski definition) is 1. The molecule has 0 bridgehead atoms. The van der Waals surface area contributed by atoms with Gasteiger partial charge in [-0.1, -0.05) is 12.1 Å². The molecule has 0 radical (unpaired) electrons. The molecule has 0 saturated heterocycles. The third-order valence-electron chi connectivity index (χ3n) is 2.77. The van der Waals surface area contributed by atoms with Crippen LogP contribution in [0.3, 0.4) is 0 Å². The summed E-state index contributed by atoms with van der Waals surface area (Å²) in [6.45, 7) is 7.31. The number of nitrogens with one attached hydrogen (secondary N) is 1. The van der Waals surface area contributed by atoms with Crippen LogP contribution in [0.2, 0.25) is 0 Å². The minimum absolute atomic E-state index is 0. The van der Waals surface area contributed by atoms with E-state index in [1.807, 2.05) is 29.7 Å². The van der Waals surface area contributed by atoms with Crippen LogP contribution < -0.4 is 0 Å². The Bertz CT molecular complexity index is 495. The van der Waals surface area contributed by atoms with Gasteiger partial charge in [-0.15, -0.1) is 11.3 Å². The largest absolute Gasteiger partial charge is 0.498 e. The normalized spacial score (nSPS) is 11.7. The maximum atomic E-state index is 11.5. The van der Waals surface area contributed by atoms with E-state index in [-0.39, 0.29) is 43.4 Å². The second kappa shape index (κ2) is 16.7. The van der Waals surface area contributed by atoms with Crippen molar-refractivity contribution in [3.63, 3.8) is 0 Å². The Kier molecular flexibility index (Phi) is 19.2. The number of carbonyl (C=O) groups is 1. The van der Waals surface area contributed by atoms with Gasteiger partial charge < -0.3 is 38.8 Å². The molecule has 5 heteroatoms. The van der Waals surface area contributed by atoms with E-state index in [4.69, 9.17) is 10.1 Å². The van der Waals surface area contributed by atoms with Crippen LogP contribution in [0.5, 0.6) is 0 Å². The van der Waals surface area contributed by atoms with Crippen LogP contribution in [-0.2, 0) is 26.0 Å². The summed E-state index contributed by atoms with van der Waals surface area (Å²) < 4.78 is 5.07. The first kappa shape index (κ1) is 27.7. The van der Waals surface area contributed by atoms with Crippen molar-refractivity contribution in [2.45, 2.75) is 31.8 Å². The van der Waals surface area contributed by atoms with E-state index in [1.54, 1.807) is 17.4 Å². The number of esters is 1. The molecule has 0 amide bonds. The van der Waals surface area contributed by atoms with Crippen LogP contribution in [0.25, 0.3) is 6.08 Å². The third kappa shape index (κ3) is 12.3. The topological polar surface area (TPSA) is 50.2 Å². The predicted octanol–water partition coefficient (Wildman–Crippen LogP) is 5.38. The van der Waals surface area contributed by atoms with Crippen molar-refractivity contribution < 1.29 is 26.0 Å². The van der Waals surface area contributed by atoms with Gasteiger partial charge in [-0.05, 0) is 48.1 Å². The van der Waals surface area contributed by atoms with E-state index in [1.165, 1.54) is 11.1 Å². The second-order valence-electron chi connectivity index (χ2n) is 4.51. The van der Waals surface area contributed by atoms with Crippen molar-refractivity contribution in [3.8, 4) is 0 Å². The zero-order valence-corrected chi connectivity index (χ0v) is 16.2. The fourth-order valence-electron chi connectivity index (χ4n) is 1.65. The second-order valence-corrected chi connectivity index (χ2v) is 5.49. The van der Waals surface area contributed by atoms with Crippen molar-refractivity contribution >= 4 is 29.6 Å². The van der Waals surface area contributed by atoms with Crippen molar-refractivity contribution in [2.75, 3.05) is 0 Å². The molecule has 1 heterocycles. The standard InChI is InChI=1S/C17H21NO2S.2CH3.Ni/c1-3-14(2)20-17(19)8-4-6-15(11-12-18)9-10-16-7-5-13-21-16;;;/h5,7,9-14,18H,1-4,6,8H2;2*1H3;/q-2;2*-1;/b10-9+,15-11+,18-12?;;;. The van der Waals surface area contributed by atoms with Gasteiger partial charge in [0.1, 0.15) is 0 Å². The molecule has 0 spiro atoms. The van der Waals surface area contributed by atoms with E-state index in [9.17, 15) is 4.79 Å². The SMILES string of the molecule is [CH2-]CC([CH2-])OC(=O)CCCC(/C=C/c1cccs1)=C\C=N.[CH3-].[CH3-].[Ni]. The summed E-state index contributed by atoms with van der Waals surface area (Å²) in [6, 6.07) is 4.03. The molecular weight excluding hydrogens is 365 g/mol. The van der Waals surface area contributed by atoms with Crippen molar-refractivity contribution in [2.24, 2.45) is 0 Å². The predicted molar refractivity (Wildman–Crippen MR) is 102 cm³/mol. The maximum absolute atomic E-state index is 11.5. The molecule has 0 aliphatic rings. The minimum atomic E-state index is -0.368. The third-order valence-corrected chi connectivity index (χ3v) is 3.61. The van der Waals surface area contributed by atoms with E-state index in [2.05, 4.69) is 13.8 Å². The van der Waals surface area contributed by atoms with Crippen LogP contribution in [0.1, 0.15) is 30.6 Å². The molecule has 0 aromatic carbocycles. The van der Waals surface area contributed by atoms with Gasteiger partial charge in [-0.3, -0.25) is 4.79 Å². The Balaban J connectivity index is -0.00000147. The van der Waals surface area contributed by atoms with Gasteiger partial charge in [0.05, 0.1) is 0 Å². The Morgan fingerprint density at radius 2 is 2.08 bits per heavy atom. The van der Waals surface area contributed by atoms with Gasteiger partial charge in [0.15, 0.2) is 0 Å². The van der Waals surface area contributed by atoms with Gasteiger partial charge >= 0.3 is 5.97 Å². The molecule has 24 heavy (non-hydrogen) atoms.